The van der Waals surface area contributed by atoms with E-state index in [1.54, 1.807) is 28.4 Å². The number of carbonyl (C=O) groups is 2. The maximum atomic E-state index is 13.4. The molecule has 6 rings (SSSR count). The van der Waals surface area contributed by atoms with Crippen molar-refractivity contribution in [3.63, 3.8) is 0 Å². The average Bonchev–Trinajstić information content (AvgIpc) is 3.29. The van der Waals surface area contributed by atoms with Gasteiger partial charge in [-0.25, -0.2) is 0 Å². The highest BCUT2D eigenvalue weighted by Gasteiger charge is 2.25. The molecule has 0 radical (unpaired) electrons. The van der Waals surface area contributed by atoms with E-state index in [-0.39, 0.29) is 24.2 Å². The lowest BCUT2D eigenvalue weighted by molar-refractivity contribution is 0.0606. The van der Waals surface area contributed by atoms with Crippen molar-refractivity contribution in [3.05, 3.63) is 83.9 Å². The Morgan fingerprint density at radius 1 is 0.483 bits per heavy atom. The number of benzene rings is 4. The minimum atomic E-state index is 0. The monoisotopic (exact) mass is 844 g/mol. The second-order valence-electron chi connectivity index (χ2n) is 14.9. The second kappa shape index (κ2) is 22.4. The summed E-state index contributed by atoms with van der Waals surface area (Å²) in [5.41, 5.74) is 5.13. The van der Waals surface area contributed by atoms with E-state index in [0.29, 0.717) is 85.0 Å². The van der Waals surface area contributed by atoms with Crippen LogP contribution in [0.25, 0.3) is 22.3 Å². The van der Waals surface area contributed by atoms with Gasteiger partial charge in [-0.1, -0.05) is 38.1 Å². The van der Waals surface area contributed by atoms with Crippen molar-refractivity contribution in [2.45, 2.75) is 33.1 Å². The van der Waals surface area contributed by atoms with Crippen molar-refractivity contribution in [3.8, 4) is 56.8 Å². The van der Waals surface area contributed by atoms with E-state index in [2.05, 4.69) is 23.6 Å². The predicted octanol–water partition coefficient (Wildman–Crippen LogP) is 7.66. The minimum Gasteiger partial charge on any atom is -0.493 e. The lowest BCUT2D eigenvalue weighted by Crippen LogP contribution is -2.50. The van der Waals surface area contributed by atoms with Gasteiger partial charge in [-0.3, -0.25) is 19.4 Å². The molecule has 0 aromatic heterocycles. The zero-order valence-electron chi connectivity index (χ0n) is 36.0. The van der Waals surface area contributed by atoms with E-state index >= 15 is 0 Å². The van der Waals surface area contributed by atoms with Gasteiger partial charge in [-0.05, 0) is 103 Å². The molecular weight excluding hydrogens is 784 g/mol. The van der Waals surface area contributed by atoms with Gasteiger partial charge in [0.25, 0.3) is 11.8 Å². The van der Waals surface area contributed by atoms with E-state index in [9.17, 15) is 9.59 Å². The van der Waals surface area contributed by atoms with Crippen LogP contribution in [0.1, 0.15) is 53.8 Å². The number of hydrogen-bond acceptors (Lipinski definition) is 10. The molecule has 324 valence electrons. The number of nitrogens with zero attached hydrogens (tertiary/aromatic N) is 4. The molecule has 0 unspecified atom stereocenters. The van der Waals surface area contributed by atoms with Crippen molar-refractivity contribution in [1.29, 1.82) is 0 Å². The second-order valence-corrected chi connectivity index (χ2v) is 14.9. The summed E-state index contributed by atoms with van der Waals surface area (Å²) in [7, 11) is 6.49. The summed E-state index contributed by atoms with van der Waals surface area (Å²) in [5, 5.41) is 0. The summed E-state index contributed by atoms with van der Waals surface area (Å²) in [6.07, 6.45) is 2.80. The van der Waals surface area contributed by atoms with Crippen LogP contribution in [0.4, 0.5) is 0 Å². The molecule has 0 bridgehead atoms. The fourth-order valence-corrected chi connectivity index (χ4v) is 7.63. The average molecular weight is 845 g/mol. The zero-order chi connectivity index (χ0) is 41.7. The van der Waals surface area contributed by atoms with Crippen LogP contribution in [-0.4, -0.2) is 139 Å². The van der Waals surface area contributed by atoms with Crippen LogP contribution in [0.2, 0.25) is 0 Å². The largest absolute Gasteiger partial charge is 0.493 e. The number of amides is 2. The first-order valence-electron chi connectivity index (χ1n) is 20.8. The molecule has 0 N–H and O–H groups in total. The molecule has 2 amide bonds. The molecule has 2 fully saturated rings. The summed E-state index contributed by atoms with van der Waals surface area (Å²) in [6, 6.07) is 23.2. The quantitative estimate of drug-likeness (QED) is 0.0993. The zero-order valence-corrected chi connectivity index (χ0v) is 36.8. The van der Waals surface area contributed by atoms with Crippen LogP contribution in [0.15, 0.2) is 72.8 Å². The highest BCUT2D eigenvalue weighted by atomic mass is 35.5. The van der Waals surface area contributed by atoms with Gasteiger partial charge in [-0.15, -0.1) is 12.4 Å². The van der Waals surface area contributed by atoms with Crippen molar-refractivity contribution >= 4 is 24.2 Å². The molecular formula is C47H61ClN4O8. The summed E-state index contributed by atoms with van der Waals surface area (Å²) in [6.45, 7) is 13.5. The summed E-state index contributed by atoms with van der Waals surface area (Å²) < 4.78 is 34.2. The smallest absolute Gasteiger partial charge is 0.253 e. The van der Waals surface area contributed by atoms with E-state index in [4.69, 9.17) is 28.4 Å². The molecule has 2 aliphatic heterocycles. The number of halogens is 1. The number of piperazine rings is 2. The molecule has 0 saturated carbocycles. The summed E-state index contributed by atoms with van der Waals surface area (Å²) in [4.78, 5) is 35.7. The Hall–Kier alpha value is -5.17. The van der Waals surface area contributed by atoms with Crippen molar-refractivity contribution in [1.82, 2.24) is 19.6 Å². The Morgan fingerprint density at radius 3 is 1.08 bits per heavy atom. The van der Waals surface area contributed by atoms with Crippen LogP contribution in [0.5, 0.6) is 34.5 Å². The van der Waals surface area contributed by atoms with Gasteiger partial charge < -0.3 is 38.2 Å². The van der Waals surface area contributed by atoms with Gasteiger partial charge in [0.2, 0.25) is 11.5 Å². The molecule has 60 heavy (non-hydrogen) atoms. The Balaban J connectivity index is 0.00000683. The normalized spacial score (nSPS) is 14.6. The Labute approximate surface area is 361 Å². The standard InChI is InChI=1S/C47H60N4O8.ClH/c1-7-28-58-44-40(54-3)30-38(31-41(44)55-4)34-10-14-36(15-11-34)46(52)50-24-20-48(21-25-50)18-9-19-49-22-26-51(27-23-49)47(53)37-16-12-35(13-17-37)39-32-42(56-5)45(59-29-8-2)43(33-39)57-6;/h10-17,30-33H,7-9,18-29H2,1-6H3;1H. The van der Waals surface area contributed by atoms with E-state index in [0.717, 1.165) is 80.8 Å². The van der Waals surface area contributed by atoms with Crippen LogP contribution in [-0.2, 0) is 0 Å². The summed E-state index contributed by atoms with van der Waals surface area (Å²) in [5.74, 6) is 3.75. The highest BCUT2D eigenvalue weighted by Crippen LogP contribution is 2.43. The van der Waals surface area contributed by atoms with Gasteiger partial charge in [-0.2, -0.15) is 0 Å². The molecule has 12 nitrogen and oxygen atoms in total. The van der Waals surface area contributed by atoms with Crippen LogP contribution in [0, 0.1) is 0 Å². The van der Waals surface area contributed by atoms with Crippen LogP contribution in [0.3, 0.4) is 0 Å². The SMILES string of the molecule is CCCOc1c(OC)cc(-c2ccc(C(=O)N3CCN(CCCN4CCN(C(=O)c5ccc(-c6cc(OC)c(OCCC)c(OC)c6)cc5)CC4)CC3)cc2)cc1OC.Cl. The van der Waals surface area contributed by atoms with E-state index in [1.807, 2.05) is 82.6 Å². The van der Waals surface area contributed by atoms with Gasteiger partial charge in [0.05, 0.1) is 41.7 Å². The van der Waals surface area contributed by atoms with Gasteiger partial charge in [0, 0.05) is 63.5 Å². The number of ether oxygens (including phenoxy) is 6. The van der Waals surface area contributed by atoms with Gasteiger partial charge in [0.15, 0.2) is 23.0 Å². The number of carbonyl (C=O) groups excluding carboxylic acids is 2. The van der Waals surface area contributed by atoms with Crippen LogP contribution >= 0.6 is 12.4 Å². The first kappa shape index (κ1) is 45.9. The highest BCUT2D eigenvalue weighted by molar-refractivity contribution is 5.95. The molecule has 2 saturated heterocycles. The van der Waals surface area contributed by atoms with Crippen LogP contribution < -0.4 is 28.4 Å². The third kappa shape index (κ3) is 11.1. The third-order valence-corrected chi connectivity index (χ3v) is 11.0. The fraction of sp³-hybridized carbons (Fsp3) is 0.447. The molecule has 0 aliphatic carbocycles. The lowest BCUT2D eigenvalue weighted by Gasteiger charge is -2.37. The Morgan fingerprint density at radius 2 is 0.800 bits per heavy atom. The fourth-order valence-electron chi connectivity index (χ4n) is 7.63. The Bertz CT molecular complexity index is 1800. The molecule has 0 spiro atoms. The molecule has 13 heteroatoms. The Kier molecular flexibility index (Phi) is 17.2. The third-order valence-electron chi connectivity index (χ3n) is 11.0. The molecule has 2 aliphatic rings. The lowest BCUT2D eigenvalue weighted by atomic mass is 10.0. The summed E-state index contributed by atoms with van der Waals surface area (Å²) >= 11 is 0. The van der Waals surface area contributed by atoms with Gasteiger partial charge in [0.1, 0.15) is 0 Å². The minimum absolute atomic E-state index is 0. The van der Waals surface area contributed by atoms with E-state index < -0.39 is 0 Å². The predicted molar refractivity (Wildman–Crippen MR) is 238 cm³/mol. The number of rotatable bonds is 18. The molecule has 0 atom stereocenters. The number of hydrogen-bond donors (Lipinski definition) is 0. The first-order valence-corrected chi connectivity index (χ1v) is 20.8. The maximum Gasteiger partial charge on any atom is 0.253 e. The first-order chi connectivity index (χ1) is 28.8. The molecule has 4 aromatic rings. The maximum absolute atomic E-state index is 13.4. The number of methoxy groups -OCH3 is 4. The molecule has 2 heterocycles. The molecule has 4 aromatic carbocycles. The van der Waals surface area contributed by atoms with Gasteiger partial charge >= 0.3 is 0 Å². The van der Waals surface area contributed by atoms with Crippen molar-refractivity contribution in [2.24, 2.45) is 0 Å². The topological polar surface area (TPSA) is 102 Å². The van der Waals surface area contributed by atoms with E-state index in [1.165, 1.54) is 0 Å². The van der Waals surface area contributed by atoms with Crippen molar-refractivity contribution < 1.29 is 38.0 Å². The van der Waals surface area contributed by atoms with Crippen molar-refractivity contribution in [2.75, 3.05) is 107 Å².